The van der Waals surface area contributed by atoms with E-state index in [2.05, 4.69) is 5.43 Å². The van der Waals surface area contributed by atoms with Crippen molar-refractivity contribution < 1.29 is 14.5 Å². The maximum absolute atomic E-state index is 12.5. The normalized spacial score (nSPS) is 15.3. The van der Waals surface area contributed by atoms with Gasteiger partial charge in [-0.2, -0.15) is 0 Å². The molecule has 0 saturated carbocycles. The van der Waals surface area contributed by atoms with Crippen LogP contribution < -0.4 is 15.3 Å². The summed E-state index contributed by atoms with van der Waals surface area (Å²) in [5.41, 5.74) is 3.67. The summed E-state index contributed by atoms with van der Waals surface area (Å²) in [6, 6.07) is 13.2. The molecule has 132 valence electrons. The quantitative estimate of drug-likeness (QED) is 0.394. The molecule has 3 rings (SSSR count). The minimum atomic E-state index is -0.557. The fourth-order valence-electron chi connectivity index (χ4n) is 2.64. The fourth-order valence-corrected chi connectivity index (χ4v) is 2.64. The zero-order valence-electron chi connectivity index (χ0n) is 14.2. The summed E-state index contributed by atoms with van der Waals surface area (Å²) in [4.78, 5) is 37.1. The van der Waals surface area contributed by atoms with Crippen LogP contribution in [0.2, 0.25) is 0 Å². The van der Waals surface area contributed by atoms with Gasteiger partial charge in [-0.05, 0) is 29.8 Å². The Bertz CT molecular complexity index is 922. The number of benzene rings is 2. The van der Waals surface area contributed by atoms with E-state index in [-0.39, 0.29) is 11.3 Å². The number of hydrogen-bond donors (Lipinski definition) is 1. The lowest BCUT2D eigenvalue weighted by Gasteiger charge is -2.14. The van der Waals surface area contributed by atoms with Crippen LogP contribution in [0.15, 0.2) is 54.1 Å². The standard InChI is InChI=1S/C18H16N4O4/c1-20(2)15-9-8-12(11-16(15)22(25)26)10-14-17(23)19-21(18(14)24)13-6-4-3-5-7-13/h3-11H,1-2H3,(H,19,23)/b14-10+. The molecule has 0 atom stereocenters. The lowest BCUT2D eigenvalue weighted by molar-refractivity contribution is -0.384. The van der Waals surface area contributed by atoms with E-state index >= 15 is 0 Å². The lowest BCUT2D eigenvalue weighted by Crippen LogP contribution is -2.35. The summed E-state index contributed by atoms with van der Waals surface area (Å²) < 4.78 is 0. The molecule has 26 heavy (non-hydrogen) atoms. The number of carbonyl (C=O) groups is 2. The van der Waals surface area contributed by atoms with Gasteiger partial charge >= 0.3 is 0 Å². The first kappa shape index (κ1) is 17.2. The Morgan fingerprint density at radius 3 is 2.42 bits per heavy atom. The molecule has 1 heterocycles. The molecule has 0 aliphatic carbocycles. The Labute approximate surface area is 149 Å². The van der Waals surface area contributed by atoms with E-state index < -0.39 is 16.7 Å². The van der Waals surface area contributed by atoms with Crippen LogP contribution in [0.4, 0.5) is 17.1 Å². The van der Waals surface area contributed by atoms with Gasteiger partial charge in [0.1, 0.15) is 11.3 Å². The van der Waals surface area contributed by atoms with Gasteiger partial charge in [0.15, 0.2) is 0 Å². The second-order valence-electron chi connectivity index (χ2n) is 5.87. The lowest BCUT2D eigenvalue weighted by atomic mass is 10.1. The van der Waals surface area contributed by atoms with Crippen molar-refractivity contribution in [3.05, 3.63) is 69.8 Å². The molecule has 2 aromatic rings. The molecule has 2 aromatic carbocycles. The molecular formula is C18H16N4O4. The van der Waals surface area contributed by atoms with E-state index in [9.17, 15) is 19.7 Å². The molecular weight excluding hydrogens is 336 g/mol. The highest BCUT2D eigenvalue weighted by molar-refractivity contribution is 6.31. The third-order valence-corrected chi connectivity index (χ3v) is 3.89. The molecule has 0 spiro atoms. The van der Waals surface area contributed by atoms with E-state index in [1.807, 2.05) is 0 Å². The highest BCUT2D eigenvalue weighted by Gasteiger charge is 2.34. The zero-order valence-corrected chi connectivity index (χ0v) is 14.2. The van der Waals surface area contributed by atoms with E-state index in [0.717, 1.165) is 5.01 Å². The monoisotopic (exact) mass is 352 g/mol. The Morgan fingerprint density at radius 1 is 1.12 bits per heavy atom. The van der Waals surface area contributed by atoms with Crippen molar-refractivity contribution in [3.63, 3.8) is 0 Å². The number of nitrogens with one attached hydrogen (secondary N) is 1. The summed E-state index contributed by atoms with van der Waals surface area (Å²) in [6.07, 6.45) is 1.35. The molecule has 1 saturated heterocycles. The third kappa shape index (κ3) is 3.12. The third-order valence-electron chi connectivity index (χ3n) is 3.89. The zero-order chi connectivity index (χ0) is 18.8. The minimum absolute atomic E-state index is 0.0826. The molecule has 0 unspecified atom stereocenters. The Morgan fingerprint density at radius 2 is 1.81 bits per heavy atom. The molecule has 2 amide bonds. The van der Waals surface area contributed by atoms with Crippen LogP contribution in [0.1, 0.15) is 5.56 Å². The van der Waals surface area contributed by atoms with Crippen LogP contribution in [0.3, 0.4) is 0 Å². The topological polar surface area (TPSA) is 95.8 Å². The average Bonchev–Trinajstić information content (AvgIpc) is 2.90. The number of nitro benzene ring substituents is 1. The van der Waals surface area contributed by atoms with E-state index in [0.29, 0.717) is 16.9 Å². The number of amides is 2. The summed E-state index contributed by atoms with van der Waals surface area (Å²) >= 11 is 0. The molecule has 0 bridgehead atoms. The number of anilines is 2. The second-order valence-corrected chi connectivity index (χ2v) is 5.87. The number of carbonyl (C=O) groups excluding carboxylic acids is 2. The van der Waals surface area contributed by atoms with Crippen LogP contribution in [0.25, 0.3) is 6.08 Å². The summed E-state index contributed by atoms with van der Waals surface area (Å²) in [6.45, 7) is 0. The number of rotatable bonds is 4. The van der Waals surface area contributed by atoms with Gasteiger partial charge < -0.3 is 4.90 Å². The second kappa shape index (κ2) is 6.67. The van der Waals surface area contributed by atoms with E-state index in [1.165, 1.54) is 12.1 Å². The first-order valence-corrected chi connectivity index (χ1v) is 7.76. The highest BCUT2D eigenvalue weighted by Crippen LogP contribution is 2.29. The van der Waals surface area contributed by atoms with Gasteiger partial charge in [-0.1, -0.05) is 24.3 Å². The van der Waals surface area contributed by atoms with E-state index in [1.54, 1.807) is 61.5 Å². The predicted octanol–water partition coefficient (Wildman–Crippen LogP) is 2.12. The van der Waals surface area contributed by atoms with Crippen molar-refractivity contribution >= 4 is 35.0 Å². The van der Waals surface area contributed by atoms with Gasteiger partial charge in [0.05, 0.1) is 10.6 Å². The Balaban J connectivity index is 1.97. The molecule has 1 aliphatic heterocycles. The van der Waals surface area contributed by atoms with E-state index in [4.69, 9.17) is 0 Å². The molecule has 0 aromatic heterocycles. The number of para-hydroxylation sites is 1. The summed E-state index contributed by atoms with van der Waals surface area (Å²) in [5.74, 6) is -1.07. The smallest absolute Gasteiger partial charge is 0.293 e. The minimum Gasteiger partial charge on any atom is -0.372 e. The van der Waals surface area contributed by atoms with Crippen LogP contribution in [0, 0.1) is 10.1 Å². The van der Waals surface area contributed by atoms with Crippen molar-refractivity contribution in [1.82, 2.24) is 5.43 Å². The van der Waals surface area contributed by atoms with Gasteiger partial charge in [0, 0.05) is 20.2 Å². The van der Waals surface area contributed by atoms with Gasteiger partial charge in [-0.15, -0.1) is 0 Å². The number of nitrogens with zero attached hydrogens (tertiary/aromatic N) is 3. The fraction of sp³-hybridized carbons (Fsp3) is 0.111. The van der Waals surface area contributed by atoms with Crippen molar-refractivity contribution in [1.29, 1.82) is 0 Å². The van der Waals surface area contributed by atoms with Crippen molar-refractivity contribution in [2.45, 2.75) is 0 Å². The largest absolute Gasteiger partial charge is 0.372 e. The Kier molecular flexibility index (Phi) is 4.40. The summed E-state index contributed by atoms with van der Waals surface area (Å²) in [5, 5.41) is 12.4. The predicted molar refractivity (Wildman–Crippen MR) is 97.5 cm³/mol. The van der Waals surface area contributed by atoms with Crippen molar-refractivity contribution in [3.8, 4) is 0 Å². The molecule has 1 aliphatic rings. The first-order chi connectivity index (χ1) is 12.4. The van der Waals surface area contributed by atoms with Gasteiger partial charge in [-0.25, -0.2) is 5.01 Å². The van der Waals surface area contributed by atoms with Gasteiger partial charge in [0.25, 0.3) is 17.5 Å². The molecule has 0 radical (unpaired) electrons. The average molecular weight is 352 g/mol. The number of hydrazine groups is 1. The Hall–Kier alpha value is -3.68. The maximum atomic E-state index is 12.5. The van der Waals surface area contributed by atoms with Crippen LogP contribution in [0.5, 0.6) is 0 Å². The molecule has 1 N–H and O–H groups in total. The van der Waals surface area contributed by atoms with Crippen LogP contribution in [-0.2, 0) is 9.59 Å². The van der Waals surface area contributed by atoms with Crippen molar-refractivity contribution in [2.75, 3.05) is 24.0 Å². The molecule has 8 heteroatoms. The molecule has 1 fully saturated rings. The van der Waals surface area contributed by atoms with Crippen molar-refractivity contribution in [2.24, 2.45) is 0 Å². The number of hydrogen-bond acceptors (Lipinski definition) is 5. The van der Waals surface area contributed by atoms with Crippen LogP contribution in [-0.4, -0.2) is 30.8 Å². The maximum Gasteiger partial charge on any atom is 0.293 e. The summed E-state index contributed by atoms with van der Waals surface area (Å²) in [7, 11) is 3.40. The molecule has 8 nitrogen and oxygen atoms in total. The van der Waals surface area contributed by atoms with Gasteiger partial charge in [0.2, 0.25) is 0 Å². The first-order valence-electron chi connectivity index (χ1n) is 7.76. The van der Waals surface area contributed by atoms with Crippen LogP contribution >= 0.6 is 0 Å². The number of nitro groups is 1. The highest BCUT2D eigenvalue weighted by atomic mass is 16.6. The SMILES string of the molecule is CN(C)c1ccc(/C=C2\C(=O)NN(c3ccccc3)C2=O)cc1[N+](=O)[O-]. The van der Waals surface area contributed by atoms with Gasteiger partial charge in [-0.3, -0.25) is 25.1 Å².